The van der Waals surface area contributed by atoms with Crippen LogP contribution in [0.4, 0.5) is 0 Å². The Hall–Kier alpha value is -5.22. The molecule has 0 aliphatic carbocycles. The van der Waals surface area contributed by atoms with Gasteiger partial charge in [-0.15, -0.1) is 0 Å². The third-order valence-corrected chi connectivity index (χ3v) is 8.77. The van der Waals surface area contributed by atoms with Gasteiger partial charge < -0.3 is 0 Å². The van der Waals surface area contributed by atoms with Gasteiger partial charge in [-0.3, -0.25) is 0 Å². The van der Waals surface area contributed by atoms with Gasteiger partial charge in [-0.1, -0.05) is 139 Å². The van der Waals surface area contributed by atoms with E-state index in [0.717, 1.165) is 55.2 Å². The topological polar surface area (TPSA) is 51.6 Å². The second kappa shape index (κ2) is 11.3. The summed E-state index contributed by atoms with van der Waals surface area (Å²) < 4.78 is 0. The smallest absolute Gasteiger partial charge is 0.159 e. The number of aromatic nitrogens is 4. The molecule has 2 aromatic heterocycles. The molecular formula is C42H38N4. The number of rotatable bonds is 4. The van der Waals surface area contributed by atoms with Gasteiger partial charge in [0.1, 0.15) is 0 Å². The van der Waals surface area contributed by atoms with Gasteiger partial charge in [0, 0.05) is 34.6 Å². The van der Waals surface area contributed by atoms with Crippen molar-refractivity contribution in [1.82, 2.24) is 19.9 Å². The summed E-state index contributed by atoms with van der Waals surface area (Å²) in [4.78, 5) is 19.7. The summed E-state index contributed by atoms with van der Waals surface area (Å²) in [7, 11) is 0. The van der Waals surface area contributed by atoms with E-state index in [1.165, 1.54) is 11.1 Å². The molecule has 0 saturated carbocycles. The van der Waals surface area contributed by atoms with Gasteiger partial charge in [0.2, 0.25) is 0 Å². The van der Waals surface area contributed by atoms with Crippen LogP contribution in [0.3, 0.4) is 0 Å². The summed E-state index contributed by atoms with van der Waals surface area (Å²) in [6, 6.07) is 38.4. The highest BCUT2D eigenvalue weighted by molar-refractivity contribution is 6.20. The maximum absolute atomic E-state index is 5.15. The minimum atomic E-state index is 0.0854. The first-order valence-electron chi connectivity index (χ1n) is 15.9. The van der Waals surface area contributed by atoms with E-state index in [4.69, 9.17) is 9.97 Å². The maximum Gasteiger partial charge on any atom is 0.159 e. The van der Waals surface area contributed by atoms with E-state index in [1.807, 2.05) is 24.5 Å². The Balaban J connectivity index is 1.39. The summed E-state index contributed by atoms with van der Waals surface area (Å²) in [5, 5.41) is 4.49. The van der Waals surface area contributed by atoms with E-state index >= 15 is 0 Å². The van der Waals surface area contributed by atoms with E-state index in [0.29, 0.717) is 11.6 Å². The van der Waals surface area contributed by atoms with Crippen molar-refractivity contribution in [2.45, 2.75) is 52.4 Å². The third kappa shape index (κ3) is 5.45. The molecule has 4 nitrogen and oxygen atoms in total. The van der Waals surface area contributed by atoms with Crippen LogP contribution in [-0.2, 0) is 10.8 Å². The molecule has 5 aromatic carbocycles. The molecule has 0 unspecified atom stereocenters. The van der Waals surface area contributed by atoms with Crippen molar-refractivity contribution in [1.29, 1.82) is 0 Å². The largest absolute Gasteiger partial charge is 0.237 e. The van der Waals surface area contributed by atoms with Crippen molar-refractivity contribution in [3.05, 3.63) is 133 Å². The van der Waals surface area contributed by atoms with Crippen LogP contribution >= 0.6 is 0 Å². The van der Waals surface area contributed by atoms with Crippen molar-refractivity contribution in [2.75, 3.05) is 0 Å². The predicted molar refractivity (Wildman–Crippen MR) is 192 cm³/mol. The lowest BCUT2D eigenvalue weighted by Crippen LogP contribution is -2.10. The lowest BCUT2D eigenvalue weighted by molar-refractivity contribution is 0.590. The summed E-state index contributed by atoms with van der Waals surface area (Å²) >= 11 is 0. The van der Waals surface area contributed by atoms with E-state index < -0.39 is 0 Å². The second-order valence-electron chi connectivity index (χ2n) is 14.0. The summed E-state index contributed by atoms with van der Waals surface area (Å²) in [6.45, 7) is 13.4. The van der Waals surface area contributed by atoms with Gasteiger partial charge in [0.15, 0.2) is 11.6 Å². The van der Waals surface area contributed by atoms with Crippen molar-refractivity contribution in [3.8, 4) is 45.3 Å². The molecule has 0 aliphatic rings. The Morgan fingerprint density at radius 3 is 1.02 bits per heavy atom. The Morgan fingerprint density at radius 1 is 0.391 bits per heavy atom. The van der Waals surface area contributed by atoms with Crippen LogP contribution in [0, 0.1) is 0 Å². The van der Waals surface area contributed by atoms with E-state index in [9.17, 15) is 0 Å². The van der Waals surface area contributed by atoms with Crippen molar-refractivity contribution in [2.24, 2.45) is 0 Å². The first kappa shape index (κ1) is 29.5. The molecule has 7 rings (SSSR count). The number of hydrogen-bond donors (Lipinski definition) is 0. The quantitative estimate of drug-likeness (QED) is 0.189. The van der Waals surface area contributed by atoms with Gasteiger partial charge in [-0.05, 0) is 55.6 Å². The fraction of sp³-hybridized carbons (Fsp3) is 0.190. The van der Waals surface area contributed by atoms with E-state index in [1.54, 1.807) is 0 Å². The minimum absolute atomic E-state index is 0.0854. The van der Waals surface area contributed by atoms with Crippen LogP contribution in [0.15, 0.2) is 122 Å². The van der Waals surface area contributed by atoms with Crippen LogP contribution in [0.1, 0.15) is 52.7 Å². The molecule has 0 amide bonds. The number of hydrogen-bond acceptors (Lipinski definition) is 4. The van der Waals surface area contributed by atoms with Gasteiger partial charge in [0.25, 0.3) is 0 Å². The normalized spacial score (nSPS) is 12.1. The van der Waals surface area contributed by atoms with Crippen LogP contribution in [0.25, 0.3) is 66.8 Å². The first-order chi connectivity index (χ1) is 22.1. The molecule has 0 aliphatic heterocycles. The Bertz CT molecular complexity index is 1980. The van der Waals surface area contributed by atoms with Gasteiger partial charge in [-0.25, -0.2) is 19.9 Å². The number of nitrogens with zero attached hydrogens (tertiary/aromatic N) is 4. The number of fused-ring (bicyclic) bond motifs is 2. The highest BCUT2D eigenvalue weighted by Gasteiger charge is 2.20. The van der Waals surface area contributed by atoms with E-state index in [-0.39, 0.29) is 10.8 Å². The summed E-state index contributed by atoms with van der Waals surface area (Å²) in [5.41, 5.74) is 8.73. The Kier molecular flexibility index (Phi) is 7.24. The van der Waals surface area contributed by atoms with Gasteiger partial charge in [0.05, 0.1) is 11.4 Å². The lowest BCUT2D eigenvalue weighted by Gasteiger charge is -2.19. The van der Waals surface area contributed by atoms with Crippen molar-refractivity contribution in [3.63, 3.8) is 0 Å². The molecule has 7 aromatic rings. The molecule has 0 radical (unpaired) electrons. The first-order valence-corrected chi connectivity index (χ1v) is 15.9. The van der Waals surface area contributed by atoms with Crippen molar-refractivity contribution < 1.29 is 0 Å². The Labute approximate surface area is 271 Å². The molecule has 0 fully saturated rings. The van der Waals surface area contributed by atoms with E-state index in [2.05, 4.69) is 149 Å². The minimum Gasteiger partial charge on any atom is -0.237 e. The molecular weight excluding hydrogens is 560 g/mol. The molecule has 2 heterocycles. The number of benzene rings is 5. The predicted octanol–water partition coefficient (Wildman–Crippen LogP) is 10.8. The zero-order valence-corrected chi connectivity index (χ0v) is 27.3. The van der Waals surface area contributed by atoms with Gasteiger partial charge in [-0.2, -0.15) is 0 Å². The van der Waals surface area contributed by atoms with Crippen LogP contribution < -0.4 is 0 Å². The standard InChI is InChI=1S/C42H38N4/c1-41(2,3)29-19-15-27(16-20-29)39-43-25-23-35(45-39)37-31-11-7-9-13-33(31)38(34-14-10-8-12-32(34)37)36-24-26-44-40(46-36)28-17-21-30(22-18-28)42(4,5)6/h7-26H,1-6H3. The van der Waals surface area contributed by atoms with Crippen molar-refractivity contribution >= 4 is 21.5 Å². The van der Waals surface area contributed by atoms with Crippen LogP contribution in [0.5, 0.6) is 0 Å². The highest BCUT2D eigenvalue weighted by Crippen LogP contribution is 2.43. The fourth-order valence-corrected chi connectivity index (χ4v) is 6.19. The zero-order valence-electron chi connectivity index (χ0n) is 27.3. The SMILES string of the molecule is CC(C)(C)c1ccc(-c2nccc(-c3c4ccccc4c(-c4ccnc(-c5ccc(C(C)(C)C)cc5)n4)c4ccccc34)n2)cc1. The summed E-state index contributed by atoms with van der Waals surface area (Å²) in [5.74, 6) is 1.43. The van der Waals surface area contributed by atoms with Gasteiger partial charge >= 0.3 is 0 Å². The lowest BCUT2D eigenvalue weighted by atomic mass is 9.86. The monoisotopic (exact) mass is 598 g/mol. The maximum atomic E-state index is 5.15. The average Bonchev–Trinajstić information content (AvgIpc) is 3.06. The highest BCUT2D eigenvalue weighted by atomic mass is 14.9. The molecule has 0 N–H and O–H groups in total. The fourth-order valence-electron chi connectivity index (χ4n) is 6.19. The molecule has 4 heteroatoms. The molecule has 0 spiro atoms. The zero-order chi connectivity index (χ0) is 32.1. The van der Waals surface area contributed by atoms with Crippen LogP contribution in [-0.4, -0.2) is 19.9 Å². The summed E-state index contributed by atoms with van der Waals surface area (Å²) in [6.07, 6.45) is 3.74. The Morgan fingerprint density at radius 2 is 0.717 bits per heavy atom. The molecule has 46 heavy (non-hydrogen) atoms. The molecule has 0 saturated heterocycles. The average molecular weight is 599 g/mol. The third-order valence-electron chi connectivity index (χ3n) is 8.77. The van der Waals surface area contributed by atoms with Crippen LogP contribution in [0.2, 0.25) is 0 Å². The molecule has 0 atom stereocenters. The second-order valence-corrected chi connectivity index (χ2v) is 14.0. The molecule has 0 bridgehead atoms. The molecule has 226 valence electrons.